The molecule has 142 valence electrons. The van der Waals surface area contributed by atoms with Crippen molar-refractivity contribution < 1.29 is 4.79 Å². The molecule has 0 saturated carbocycles. The van der Waals surface area contributed by atoms with Gasteiger partial charge in [-0.25, -0.2) is 0 Å². The topological polar surface area (TPSA) is 17.1 Å². The summed E-state index contributed by atoms with van der Waals surface area (Å²) in [4.78, 5) is 13.1. The number of hydrogen-bond acceptors (Lipinski definition) is 1. The van der Waals surface area contributed by atoms with Crippen LogP contribution in [0.25, 0.3) is 11.1 Å². The molecule has 1 nitrogen and oxygen atoms in total. The third-order valence-corrected chi connectivity index (χ3v) is 8.86. The fourth-order valence-electron chi connectivity index (χ4n) is 3.09. The van der Waals surface area contributed by atoms with Crippen molar-refractivity contribution >= 4 is 43.5 Å². The predicted octanol–water partition coefficient (Wildman–Crippen LogP) is 4.05. The summed E-state index contributed by atoms with van der Waals surface area (Å²) in [6, 6.07) is 37.3. The van der Waals surface area contributed by atoms with Crippen molar-refractivity contribution in [3.05, 3.63) is 120 Å². The number of rotatable bonds is 7. The maximum absolute atomic E-state index is 13.1. The minimum atomic E-state index is -0.131. The molecule has 0 aliphatic rings. The molecule has 0 radical (unpaired) electrons. The van der Waals surface area contributed by atoms with Crippen LogP contribution in [0.2, 0.25) is 0 Å². The first kappa shape index (κ1) is 19.9. The van der Waals surface area contributed by atoms with Crippen LogP contribution < -0.4 is 8.92 Å². The number of carbonyl (C=O) groups is 1. The van der Waals surface area contributed by atoms with Crippen LogP contribution in [0.3, 0.4) is 0 Å². The van der Waals surface area contributed by atoms with Crippen molar-refractivity contribution in [2.45, 2.75) is 5.32 Å². The maximum atomic E-state index is 13.1. The standard InChI is InChI=1S/C26H20OSe2/c27-26(24-17-9-8-16-23(24)20-11-3-1-4-12-20)28-19-21-13-7-10-18-25(21)29-22-14-5-2-6-15-22/h1-18H,19H2. The van der Waals surface area contributed by atoms with Crippen molar-refractivity contribution in [2.75, 3.05) is 0 Å². The summed E-state index contributed by atoms with van der Waals surface area (Å²) >= 11 is 0.132. The van der Waals surface area contributed by atoms with Gasteiger partial charge in [-0.1, -0.05) is 0 Å². The molecule has 0 aliphatic carbocycles. The van der Waals surface area contributed by atoms with E-state index in [4.69, 9.17) is 0 Å². The van der Waals surface area contributed by atoms with Gasteiger partial charge < -0.3 is 0 Å². The molecule has 4 aromatic carbocycles. The zero-order valence-electron chi connectivity index (χ0n) is 15.8. The Morgan fingerprint density at radius 2 is 1.28 bits per heavy atom. The second-order valence-corrected chi connectivity index (χ2v) is 10.8. The number of carbonyl (C=O) groups excluding carboxylic acids is 1. The van der Waals surface area contributed by atoms with Gasteiger partial charge in [0.05, 0.1) is 0 Å². The van der Waals surface area contributed by atoms with E-state index in [-0.39, 0.29) is 34.6 Å². The molecule has 0 heterocycles. The monoisotopic (exact) mass is 508 g/mol. The Morgan fingerprint density at radius 1 is 0.655 bits per heavy atom. The van der Waals surface area contributed by atoms with Crippen molar-refractivity contribution in [1.82, 2.24) is 0 Å². The van der Waals surface area contributed by atoms with Crippen LogP contribution in [0.5, 0.6) is 0 Å². The fraction of sp³-hybridized carbons (Fsp3) is 0.0385. The Hall–Kier alpha value is -2.41. The molecule has 0 bridgehead atoms. The average Bonchev–Trinajstić information content (AvgIpc) is 2.79. The second-order valence-electron chi connectivity index (χ2n) is 6.51. The zero-order valence-corrected chi connectivity index (χ0v) is 19.3. The van der Waals surface area contributed by atoms with Crippen LogP contribution in [0.15, 0.2) is 109 Å². The first-order chi connectivity index (χ1) is 14.3. The number of benzene rings is 4. The van der Waals surface area contributed by atoms with E-state index < -0.39 is 0 Å². The van der Waals surface area contributed by atoms with E-state index in [1.807, 2.05) is 42.5 Å². The summed E-state index contributed by atoms with van der Waals surface area (Å²) in [6.45, 7) is 0. The van der Waals surface area contributed by atoms with Crippen LogP contribution in [-0.2, 0) is 5.32 Å². The molecule has 0 fully saturated rings. The van der Waals surface area contributed by atoms with Gasteiger partial charge in [0, 0.05) is 0 Å². The van der Waals surface area contributed by atoms with Crippen molar-refractivity contribution in [2.24, 2.45) is 0 Å². The number of hydrogen-bond donors (Lipinski definition) is 0. The molecule has 0 spiro atoms. The average molecular weight is 506 g/mol. The molecule has 4 aromatic rings. The molecule has 29 heavy (non-hydrogen) atoms. The van der Waals surface area contributed by atoms with E-state index >= 15 is 0 Å². The van der Waals surface area contributed by atoms with E-state index in [0.29, 0.717) is 0 Å². The van der Waals surface area contributed by atoms with Gasteiger partial charge in [-0.15, -0.1) is 0 Å². The summed E-state index contributed by atoms with van der Waals surface area (Å²) in [7, 11) is 0. The molecule has 0 aliphatic heterocycles. The first-order valence-electron chi connectivity index (χ1n) is 9.43. The van der Waals surface area contributed by atoms with Gasteiger partial charge in [0.25, 0.3) is 0 Å². The Morgan fingerprint density at radius 3 is 2.07 bits per heavy atom. The van der Waals surface area contributed by atoms with Crippen LogP contribution in [0, 0.1) is 0 Å². The normalized spacial score (nSPS) is 10.6. The molecule has 0 saturated heterocycles. The SMILES string of the molecule is O=C([Se]Cc1ccccc1[Se]c1ccccc1)c1ccccc1-c1ccccc1. The zero-order chi connectivity index (χ0) is 19.9. The molecule has 0 aromatic heterocycles. The second kappa shape index (κ2) is 9.87. The summed E-state index contributed by atoms with van der Waals surface area (Å²) in [5.41, 5.74) is 4.27. The van der Waals surface area contributed by atoms with Gasteiger partial charge in [-0.3, -0.25) is 0 Å². The Kier molecular flexibility index (Phi) is 6.77. The molecule has 0 atom stereocenters. The Bertz CT molecular complexity index is 1090. The summed E-state index contributed by atoms with van der Waals surface area (Å²) in [5, 5.41) is 0.833. The van der Waals surface area contributed by atoms with Gasteiger partial charge >= 0.3 is 185 Å². The third kappa shape index (κ3) is 5.15. The van der Waals surface area contributed by atoms with E-state index in [2.05, 4.69) is 66.7 Å². The molecular formula is C26H20OSe2. The Labute approximate surface area is 184 Å². The van der Waals surface area contributed by atoms with E-state index in [1.165, 1.54) is 14.5 Å². The minimum absolute atomic E-state index is 0.131. The first-order valence-corrected chi connectivity index (χ1v) is 13.2. The van der Waals surface area contributed by atoms with Gasteiger partial charge in [-0.2, -0.15) is 0 Å². The van der Waals surface area contributed by atoms with E-state index in [1.54, 1.807) is 0 Å². The van der Waals surface area contributed by atoms with Gasteiger partial charge in [0.2, 0.25) is 0 Å². The molecular weight excluding hydrogens is 486 g/mol. The van der Waals surface area contributed by atoms with Crippen LogP contribution in [0.1, 0.15) is 15.9 Å². The summed E-state index contributed by atoms with van der Waals surface area (Å²) in [5.74, 6) is 0. The van der Waals surface area contributed by atoms with Crippen molar-refractivity contribution in [3.8, 4) is 11.1 Å². The van der Waals surface area contributed by atoms with Crippen molar-refractivity contribution in [3.63, 3.8) is 0 Å². The van der Waals surface area contributed by atoms with Gasteiger partial charge in [0.1, 0.15) is 0 Å². The van der Waals surface area contributed by atoms with Crippen molar-refractivity contribution in [1.29, 1.82) is 0 Å². The van der Waals surface area contributed by atoms with E-state index in [0.717, 1.165) is 22.0 Å². The predicted molar refractivity (Wildman–Crippen MR) is 124 cm³/mol. The fourth-order valence-corrected chi connectivity index (χ4v) is 7.41. The summed E-state index contributed by atoms with van der Waals surface area (Å²) in [6.07, 6.45) is 0. The molecule has 4 rings (SSSR count). The quantitative estimate of drug-likeness (QED) is 0.346. The third-order valence-electron chi connectivity index (χ3n) is 4.53. The van der Waals surface area contributed by atoms with Gasteiger partial charge in [-0.05, 0) is 0 Å². The summed E-state index contributed by atoms with van der Waals surface area (Å²) < 4.78 is 3.00. The van der Waals surface area contributed by atoms with Gasteiger partial charge in [0.15, 0.2) is 0 Å². The Balaban J connectivity index is 1.52. The van der Waals surface area contributed by atoms with E-state index in [9.17, 15) is 4.79 Å². The van der Waals surface area contributed by atoms with Crippen LogP contribution >= 0.6 is 0 Å². The molecule has 3 heteroatoms. The molecule has 0 amide bonds. The molecule has 0 unspecified atom stereocenters. The van der Waals surface area contributed by atoms with Crippen LogP contribution in [0.4, 0.5) is 0 Å². The molecule has 0 N–H and O–H groups in total. The van der Waals surface area contributed by atoms with Crippen LogP contribution in [-0.4, -0.2) is 34.6 Å².